The molecule has 0 atom stereocenters. The van der Waals surface area contributed by atoms with Crippen LogP contribution in [0.15, 0.2) is 0 Å². The van der Waals surface area contributed by atoms with Gasteiger partial charge in [-0.25, -0.2) is 0 Å². The number of aromatic nitrogens is 2. The highest BCUT2D eigenvalue weighted by molar-refractivity contribution is 5.58. The molecule has 0 aromatic carbocycles. The molecule has 1 heterocycles. The lowest BCUT2D eigenvalue weighted by atomic mass is 10.5. The molecular formula is C12H22N4O6. The molecule has 126 valence electrons. The van der Waals surface area contributed by atoms with Crippen molar-refractivity contribution in [2.75, 3.05) is 64.3 Å². The smallest absolute Gasteiger partial charge is 0.246 e. The Bertz CT molecular complexity index is 399. The van der Waals surface area contributed by atoms with Crippen LogP contribution in [-0.2, 0) is 9.47 Å². The van der Waals surface area contributed by atoms with Gasteiger partial charge in [-0.15, -0.1) is 0 Å². The highest BCUT2D eigenvalue weighted by atomic mass is 16.5. The molecule has 0 saturated heterocycles. The van der Waals surface area contributed by atoms with Crippen molar-refractivity contribution in [2.45, 2.75) is 0 Å². The van der Waals surface area contributed by atoms with Crippen LogP contribution in [0.3, 0.4) is 0 Å². The van der Waals surface area contributed by atoms with E-state index in [9.17, 15) is 0 Å². The van der Waals surface area contributed by atoms with Gasteiger partial charge in [0.25, 0.3) is 0 Å². The topological polar surface area (TPSA) is 155 Å². The van der Waals surface area contributed by atoms with E-state index in [2.05, 4.69) is 9.97 Å². The Morgan fingerprint density at radius 2 is 1.18 bits per heavy atom. The summed E-state index contributed by atoms with van der Waals surface area (Å²) < 4.78 is 20.8. The minimum Gasteiger partial charge on any atom is -0.474 e. The lowest BCUT2D eigenvalue weighted by Crippen LogP contribution is -2.14. The van der Waals surface area contributed by atoms with Crippen molar-refractivity contribution in [3.8, 4) is 11.8 Å². The molecule has 10 heteroatoms. The molecule has 1 aromatic heterocycles. The predicted octanol–water partition coefficient (Wildman–Crippen LogP) is -1.58. The molecule has 22 heavy (non-hydrogen) atoms. The molecule has 0 unspecified atom stereocenters. The maximum absolute atomic E-state index is 8.57. The number of hydrogen-bond donors (Lipinski definition) is 4. The largest absolute Gasteiger partial charge is 0.474 e. The van der Waals surface area contributed by atoms with Gasteiger partial charge in [0.1, 0.15) is 13.2 Å². The van der Waals surface area contributed by atoms with Crippen molar-refractivity contribution in [1.82, 2.24) is 9.97 Å². The van der Waals surface area contributed by atoms with E-state index in [0.717, 1.165) is 0 Å². The first-order valence-electron chi connectivity index (χ1n) is 6.74. The van der Waals surface area contributed by atoms with Crippen LogP contribution in [0, 0.1) is 0 Å². The zero-order chi connectivity index (χ0) is 16.2. The van der Waals surface area contributed by atoms with E-state index >= 15 is 0 Å². The predicted molar refractivity (Wildman–Crippen MR) is 77.7 cm³/mol. The second-order valence-corrected chi connectivity index (χ2v) is 3.97. The van der Waals surface area contributed by atoms with Gasteiger partial charge in [0, 0.05) is 0 Å². The lowest BCUT2D eigenvalue weighted by molar-refractivity contribution is 0.0679. The van der Waals surface area contributed by atoms with Crippen molar-refractivity contribution in [3.05, 3.63) is 0 Å². The summed E-state index contributed by atoms with van der Waals surface area (Å²) in [5.41, 5.74) is 11.5. The fraction of sp³-hybridized carbons (Fsp3) is 0.667. The van der Waals surface area contributed by atoms with Gasteiger partial charge in [-0.1, -0.05) is 0 Å². The van der Waals surface area contributed by atoms with Gasteiger partial charge in [0.2, 0.25) is 17.7 Å². The van der Waals surface area contributed by atoms with Gasteiger partial charge in [-0.2, -0.15) is 9.97 Å². The van der Waals surface area contributed by atoms with Gasteiger partial charge >= 0.3 is 0 Å². The maximum atomic E-state index is 8.57. The van der Waals surface area contributed by atoms with E-state index in [1.807, 2.05) is 0 Å². The van der Waals surface area contributed by atoms with Crippen molar-refractivity contribution >= 4 is 11.6 Å². The molecule has 0 fully saturated rings. The Kier molecular flexibility index (Phi) is 8.91. The second-order valence-electron chi connectivity index (χ2n) is 3.97. The zero-order valence-electron chi connectivity index (χ0n) is 12.2. The SMILES string of the molecule is Nc1nc(OCCOCCO)c(N)c(OCCOCCO)n1. The molecule has 10 nitrogen and oxygen atoms in total. The first-order chi connectivity index (χ1) is 10.7. The number of nitrogens with two attached hydrogens (primary N) is 2. The normalized spacial score (nSPS) is 10.6. The number of aliphatic hydroxyl groups is 2. The highest BCUT2D eigenvalue weighted by Gasteiger charge is 2.13. The summed E-state index contributed by atoms with van der Waals surface area (Å²) in [6, 6.07) is 0. The number of rotatable bonds is 12. The van der Waals surface area contributed by atoms with Crippen molar-refractivity contribution < 1.29 is 29.2 Å². The van der Waals surface area contributed by atoms with Crippen LogP contribution >= 0.6 is 0 Å². The van der Waals surface area contributed by atoms with E-state index < -0.39 is 0 Å². The van der Waals surface area contributed by atoms with Gasteiger partial charge in [-0.05, 0) is 0 Å². The number of hydrogen-bond acceptors (Lipinski definition) is 10. The molecule has 0 bridgehead atoms. The number of nitrogens with zero attached hydrogens (tertiary/aromatic N) is 2. The van der Waals surface area contributed by atoms with Crippen LogP contribution in [0.4, 0.5) is 11.6 Å². The average molecular weight is 318 g/mol. The first kappa shape index (κ1) is 18.2. The minimum absolute atomic E-state index is 0.0354. The number of anilines is 2. The lowest BCUT2D eigenvalue weighted by Gasteiger charge is -2.12. The molecule has 0 aliphatic heterocycles. The Balaban J connectivity index is 2.48. The van der Waals surface area contributed by atoms with Crippen LogP contribution < -0.4 is 20.9 Å². The van der Waals surface area contributed by atoms with Crippen LogP contribution in [0.2, 0.25) is 0 Å². The van der Waals surface area contributed by atoms with Crippen LogP contribution in [-0.4, -0.2) is 73.0 Å². The minimum atomic E-state index is -0.0566. The molecule has 6 N–H and O–H groups in total. The van der Waals surface area contributed by atoms with E-state index in [-0.39, 0.29) is 76.3 Å². The monoisotopic (exact) mass is 318 g/mol. The molecular weight excluding hydrogens is 296 g/mol. The first-order valence-corrected chi connectivity index (χ1v) is 6.74. The van der Waals surface area contributed by atoms with E-state index in [1.54, 1.807) is 0 Å². The summed E-state index contributed by atoms with van der Waals surface area (Å²) >= 11 is 0. The third kappa shape index (κ3) is 6.72. The van der Waals surface area contributed by atoms with Gasteiger partial charge in [0.15, 0.2) is 5.69 Å². The number of nitrogen functional groups attached to an aromatic ring is 2. The van der Waals surface area contributed by atoms with Gasteiger partial charge in [0.05, 0.1) is 39.6 Å². The molecule has 0 radical (unpaired) electrons. The molecule has 0 amide bonds. The molecule has 0 aliphatic rings. The summed E-state index contributed by atoms with van der Waals surface area (Å²) in [6.07, 6.45) is 0. The standard InChI is InChI=1S/C12H22N4O6/c13-9-10(21-7-5-19-3-1-17)15-12(14)16-11(9)22-8-6-20-4-2-18/h17-18H,1-8,13H2,(H2,14,15,16). The summed E-state index contributed by atoms with van der Waals surface area (Å²) in [5.74, 6) is 0.171. The van der Waals surface area contributed by atoms with Gasteiger partial charge < -0.3 is 40.6 Å². The van der Waals surface area contributed by atoms with Gasteiger partial charge in [-0.3, -0.25) is 0 Å². The Hall–Kier alpha value is -1.88. The summed E-state index contributed by atoms with van der Waals surface area (Å²) in [5, 5.41) is 17.1. The molecule has 1 aromatic rings. The number of ether oxygens (including phenoxy) is 4. The van der Waals surface area contributed by atoms with E-state index in [4.69, 9.17) is 40.6 Å². The van der Waals surface area contributed by atoms with Crippen molar-refractivity contribution in [3.63, 3.8) is 0 Å². The average Bonchev–Trinajstić information content (AvgIpc) is 2.50. The summed E-state index contributed by atoms with van der Waals surface area (Å²) in [6.45, 7) is 1.28. The molecule has 0 saturated carbocycles. The Morgan fingerprint density at radius 3 is 1.59 bits per heavy atom. The third-order valence-corrected chi connectivity index (χ3v) is 2.30. The second kappa shape index (κ2) is 10.8. The Morgan fingerprint density at radius 1 is 0.727 bits per heavy atom. The van der Waals surface area contributed by atoms with E-state index in [1.165, 1.54) is 0 Å². The quantitative estimate of drug-likeness (QED) is 0.332. The maximum Gasteiger partial charge on any atom is 0.246 e. The fourth-order valence-corrected chi connectivity index (χ4v) is 1.39. The Labute approximate surface area is 128 Å². The third-order valence-electron chi connectivity index (χ3n) is 2.30. The molecule has 1 rings (SSSR count). The fourth-order valence-electron chi connectivity index (χ4n) is 1.39. The van der Waals surface area contributed by atoms with Crippen molar-refractivity contribution in [1.29, 1.82) is 0 Å². The molecule has 0 aliphatic carbocycles. The zero-order valence-corrected chi connectivity index (χ0v) is 12.2. The number of aliphatic hydroxyl groups excluding tert-OH is 2. The van der Waals surface area contributed by atoms with Crippen LogP contribution in [0.1, 0.15) is 0 Å². The van der Waals surface area contributed by atoms with Crippen molar-refractivity contribution in [2.24, 2.45) is 0 Å². The summed E-state index contributed by atoms with van der Waals surface area (Å²) in [7, 11) is 0. The summed E-state index contributed by atoms with van der Waals surface area (Å²) in [4.78, 5) is 7.76. The van der Waals surface area contributed by atoms with E-state index in [0.29, 0.717) is 0 Å². The molecule has 0 spiro atoms. The van der Waals surface area contributed by atoms with Crippen LogP contribution in [0.5, 0.6) is 11.8 Å². The highest BCUT2D eigenvalue weighted by Crippen LogP contribution is 2.28. The van der Waals surface area contributed by atoms with Crippen LogP contribution in [0.25, 0.3) is 0 Å².